The van der Waals surface area contributed by atoms with E-state index >= 15 is 0 Å². The molecule has 0 saturated carbocycles. The van der Waals surface area contributed by atoms with Crippen LogP contribution in [0.2, 0.25) is 0 Å². The van der Waals surface area contributed by atoms with Gasteiger partial charge in [-0.25, -0.2) is 0 Å². The van der Waals surface area contributed by atoms with Crippen LogP contribution in [0, 0.1) is 0 Å². The molecular weight excluding hydrogens is 266 g/mol. The number of ether oxygens (including phenoxy) is 2. The molecule has 0 fully saturated rings. The Morgan fingerprint density at radius 2 is 1.67 bits per heavy atom. The summed E-state index contributed by atoms with van der Waals surface area (Å²) in [5, 5.41) is 2.96. The van der Waals surface area contributed by atoms with Crippen LogP contribution in [0.25, 0.3) is 0 Å². The predicted octanol–water partition coefficient (Wildman–Crippen LogP) is 3.19. The van der Waals surface area contributed by atoms with Gasteiger partial charge in [-0.1, -0.05) is 18.2 Å². The molecule has 2 rings (SSSR count). The molecule has 0 aromatic heterocycles. The van der Waals surface area contributed by atoms with Crippen molar-refractivity contribution < 1.29 is 14.3 Å². The fourth-order valence-corrected chi connectivity index (χ4v) is 2.12. The summed E-state index contributed by atoms with van der Waals surface area (Å²) in [5.74, 6) is 1.36. The van der Waals surface area contributed by atoms with Crippen LogP contribution in [0.5, 0.6) is 11.5 Å². The average molecular weight is 285 g/mol. The summed E-state index contributed by atoms with van der Waals surface area (Å²) in [4.78, 5) is 12.2. The summed E-state index contributed by atoms with van der Waals surface area (Å²) >= 11 is 0. The first-order chi connectivity index (χ1) is 10.2. The van der Waals surface area contributed by atoms with Crippen LogP contribution in [-0.4, -0.2) is 20.1 Å². The van der Waals surface area contributed by atoms with Crippen LogP contribution < -0.4 is 14.8 Å². The van der Waals surface area contributed by atoms with E-state index in [2.05, 4.69) is 5.32 Å². The van der Waals surface area contributed by atoms with Gasteiger partial charge in [0.2, 0.25) is 0 Å². The highest BCUT2D eigenvalue weighted by molar-refractivity contribution is 5.94. The Bertz CT molecular complexity index is 608. The molecule has 1 atom stereocenters. The third-order valence-electron chi connectivity index (χ3n) is 3.31. The summed E-state index contributed by atoms with van der Waals surface area (Å²) in [6.45, 7) is 1.93. The SMILES string of the molecule is COc1ccc(C(=O)NC(C)c2ccccc2OC)cc1. The second-order valence-corrected chi connectivity index (χ2v) is 4.67. The van der Waals surface area contributed by atoms with Crippen LogP contribution in [0.1, 0.15) is 28.9 Å². The van der Waals surface area contributed by atoms with Crippen LogP contribution in [-0.2, 0) is 0 Å². The average Bonchev–Trinajstić information content (AvgIpc) is 2.54. The monoisotopic (exact) mass is 285 g/mol. The Hall–Kier alpha value is -2.49. The largest absolute Gasteiger partial charge is 0.497 e. The quantitative estimate of drug-likeness (QED) is 0.917. The fraction of sp³-hybridized carbons (Fsp3) is 0.235. The number of nitrogens with one attached hydrogen (secondary N) is 1. The summed E-state index contributed by atoms with van der Waals surface area (Å²) in [6, 6.07) is 14.5. The number of para-hydroxylation sites is 1. The maximum absolute atomic E-state index is 12.2. The van der Waals surface area contributed by atoms with Crippen molar-refractivity contribution in [1.82, 2.24) is 5.32 Å². The molecule has 0 radical (unpaired) electrons. The normalized spacial score (nSPS) is 11.6. The first-order valence-corrected chi connectivity index (χ1v) is 6.73. The van der Waals surface area contributed by atoms with Gasteiger partial charge in [-0.15, -0.1) is 0 Å². The number of hydrogen-bond acceptors (Lipinski definition) is 3. The number of carbonyl (C=O) groups is 1. The summed E-state index contributed by atoms with van der Waals surface area (Å²) in [6.07, 6.45) is 0. The second-order valence-electron chi connectivity index (χ2n) is 4.67. The smallest absolute Gasteiger partial charge is 0.251 e. The maximum Gasteiger partial charge on any atom is 0.251 e. The highest BCUT2D eigenvalue weighted by Gasteiger charge is 2.14. The van der Waals surface area contributed by atoms with E-state index in [0.29, 0.717) is 5.56 Å². The van der Waals surface area contributed by atoms with Crippen LogP contribution in [0.4, 0.5) is 0 Å². The van der Waals surface area contributed by atoms with Gasteiger partial charge >= 0.3 is 0 Å². The number of hydrogen-bond donors (Lipinski definition) is 1. The van der Waals surface area contributed by atoms with Gasteiger partial charge < -0.3 is 14.8 Å². The summed E-state index contributed by atoms with van der Waals surface area (Å²) in [5.41, 5.74) is 1.54. The summed E-state index contributed by atoms with van der Waals surface area (Å²) in [7, 11) is 3.22. The Morgan fingerprint density at radius 1 is 1.00 bits per heavy atom. The molecule has 0 aliphatic heterocycles. The number of rotatable bonds is 5. The topological polar surface area (TPSA) is 47.6 Å². The lowest BCUT2D eigenvalue weighted by molar-refractivity contribution is 0.0939. The van der Waals surface area contributed by atoms with Crippen molar-refractivity contribution in [3.05, 3.63) is 59.7 Å². The molecule has 1 N–H and O–H groups in total. The van der Waals surface area contributed by atoms with E-state index < -0.39 is 0 Å². The third-order valence-corrected chi connectivity index (χ3v) is 3.31. The highest BCUT2D eigenvalue weighted by Crippen LogP contribution is 2.24. The molecular formula is C17H19NO3. The minimum Gasteiger partial charge on any atom is -0.497 e. The zero-order valence-electron chi connectivity index (χ0n) is 12.4. The van der Waals surface area contributed by atoms with Gasteiger partial charge in [0, 0.05) is 11.1 Å². The Balaban J connectivity index is 2.11. The molecule has 0 spiro atoms. The molecule has 2 aromatic rings. The van der Waals surface area contributed by atoms with Gasteiger partial charge in [0.05, 0.1) is 20.3 Å². The first-order valence-electron chi connectivity index (χ1n) is 6.73. The van der Waals surface area contributed by atoms with Crippen LogP contribution in [0.3, 0.4) is 0 Å². The Morgan fingerprint density at radius 3 is 2.29 bits per heavy atom. The second kappa shape index (κ2) is 6.79. The van der Waals surface area contributed by atoms with Gasteiger partial charge in [0.1, 0.15) is 11.5 Å². The van der Waals surface area contributed by atoms with E-state index in [1.165, 1.54) is 0 Å². The molecule has 1 unspecified atom stereocenters. The van der Waals surface area contributed by atoms with E-state index in [9.17, 15) is 4.79 Å². The Kier molecular flexibility index (Phi) is 4.82. The molecule has 0 aliphatic rings. The van der Waals surface area contributed by atoms with Gasteiger partial charge in [-0.2, -0.15) is 0 Å². The number of amides is 1. The zero-order valence-corrected chi connectivity index (χ0v) is 12.4. The molecule has 4 nitrogen and oxygen atoms in total. The van der Waals surface area contributed by atoms with E-state index in [1.54, 1.807) is 38.5 Å². The lowest BCUT2D eigenvalue weighted by Crippen LogP contribution is -2.26. The fourth-order valence-electron chi connectivity index (χ4n) is 2.12. The summed E-state index contributed by atoms with van der Waals surface area (Å²) < 4.78 is 10.4. The molecule has 1 amide bonds. The molecule has 2 aromatic carbocycles. The van der Waals surface area contributed by atoms with Crippen molar-refractivity contribution >= 4 is 5.91 Å². The van der Waals surface area contributed by atoms with Crippen molar-refractivity contribution in [2.75, 3.05) is 14.2 Å². The van der Waals surface area contributed by atoms with E-state index in [-0.39, 0.29) is 11.9 Å². The number of benzene rings is 2. The first kappa shape index (κ1) is 14.9. The maximum atomic E-state index is 12.2. The standard InChI is InChI=1S/C17H19NO3/c1-12(15-6-4-5-7-16(15)21-3)18-17(19)13-8-10-14(20-2)11-9-13/h4-12H,1-3H3,(H,18,19). The van der Waals surface area contributed by atoms with Gasteiger partial charge in [-0.3, -0.25) is 4.79 Å². The predicted molar refractivity (Wildman–Crippen MR) is 81.9 cm³/mol. The lowest BCUT2D eigenvalue weighted by Gasteiger charge is -2.17. The van der Waals surface area contributed by atoms with Crippen molar-refractivity contribution in [3.8, 4) is 11.5 Å². The highest BCUT2D eigenvalue weighted by atomic mass is 16.5. The molecule has 21 heavy (non-hydrogen) atoms. The van der Waals surface area contributed by atoms with E-state index in [1.807, 2.05) is 31.2 Å². The Labute approximate surface area is 124 Å². The minimum atomic E-state index is -0.143. The molecule has 4 heteroatoms. The molecule has 0 heterocycles. The van der Waals surface area contributed by atoms with Crippen molar-refractivity contribution in [1.29, 1.82) is 0 Å². The van der Waals surface area contributed by atoms with Gasteiger partial charge in [0.25, 0.3) is 5.91 Å². The number of methoxy groups -OCH3 is 2. The molecule has 0 bridgehead atoms. The zero-order chi connectivity index (χ0) is 15.2. The van der Waals surface area contributed by atoms with Crippen molar-refractivity contribution in [2.45, 2.75) is 13.0 Å². The minimum absolute atomic E-state index is 0.129. The third kappa shape index (κ3) is 3.54. The van der Waals surface area contributed by atoms with Crippen molar-refractivity contribution in [3.63, 3.8) is 0 Å². The van der Waals surface area contributed by atoms with E-state index in [4.69, 9.17) is 9.47 Å². The van der Waals surface area contributed by atoms with Gasteiger partial charge in [-0.05, 0) is 37.3 Å². The number of carbonyl (C=O) groups excluding carboxylic acids is 1. The van der Waals surface area contributed by atoms with Crippen molar-refractivity contribution in [2.24, 2.45) is 0 Å². The van der Waals surface area contributed by atoms with Crippen LogP contribution in [0.15, 0.2) is 48.5 Å². The molecule has 110 valence electrons. The van der Waals surface area contributed by atoms with Crippen LogP contribution >= 0.6 is 0 Å². The van der Waals surface area contributed by atoms with E-state index in [0.717, 1.165) is 17.1 Å². The molecule has 0 saturated heterocycles. The lowest BCUT2D eigenvalue weighted by atomic mass is 10.1. The van der Waals surface area contributed by atoms with Gasteiger partial charge in [0.15, 0.2) is 0 Å². The molecule has 0 aliphatic carbocycles.